The Hall–Kier alpha value is -0.980. The Morgan fingerprint density at radius 3 is 2.67 bits per heavy atom. The lowest BCUT2D eigenvalue weighted by Gasteiger charge is -2.35. The highest BCUT2D eigenvalue weighted by Gasteiger charge is 2.29. The Kier molecular flexibility index (Phi) is 2.72. The number of hydrogen-bond donors (Lipinski definition) is 1. The van der Waals surface area contributed by atoms with Crippen molar-refractivity contribution in [3.05, 3.63) is 29.8 Å². The maximum Gasteiger partial charge on any atom is 0.119 e. The van der Waals surface area contributed by atoms with Gasteiger partial charge < -0.3 is 5.11 Å². The predicted octanol–water partition coefficient (Wildman–Crippen LogP) is 4.08. The van der Waals surface area contributed by atoms with Crippen LogP contribution < -0.4 is 0 Å². The number of aromatic hydroxyl groups is 1. The normalized spacial score (nSPS) is 25.1. The van der Waals surface area contributed by atoms with Gasteiger partial charge in [0.05, 0.1) is 0 Å². The van der Waals surface area contributed by atoms with Gasteiger partial charge in [-0.05, 0) is 42.2 Å². The van der Waals surface area contributed by atoms with Crippen LogP contribution in [-0.2, 0) is 0 Å². The lowest BCUT2D eigenvalue weighted by atomic mass is 9.70. The molecule has 0 heterocycles. The molecule has 82 valence electrons. The lowest BCUT2D eigenvalue weighted by Crippen LogP contribution is -2.21. The first kappa shape index (κ1) is 10.5. The highest BCUT2D eigenvalue weighted by atomic mass is 16.3. The van der Waals surface area contributed by atoms with Gasteiger partial charge in [-0.2, -0.15) is 0 Å². The fraction of sp³-hybridized carbons (Fsp3) is 0.571. The first-order valence-corrected chi connectivity index (χ1v) is 5.86. The summed E-state index contributed by atoms with van der Waals surface area (Å²) in [5.41, 5.74) is 1.58. The van der Waals surface area contributed by atoms with E-state index in [-0.39, 0.29) is 0 Å². The smallest absolute Gasteiger partial charge is 0.119 e. The molecule has 1 aliphatic carbocycles. The molecule has 1 heteroatoms. The van der Waals surface area contributed by atoms with Crippen molar-refractivity contribution < 1.29 is 5.11 Å². The maximum atomic E-state index is 9.83. The van der Waals surface area contributed by atoms with Crippen LogP contribution in [0, 0.1) is 5.41 Å². The first-order valence-electron chi connectivity index (χ1n) is 5.86. The molecule has 1 aliphatic rings. The fourth-order valence-corrected chi connectivity index (χ4v) is 2.80. The zero-order chi connectivity index (χ0) is 10.9. The second-order valence-electron chi connectivity index (χ2n) is 5.52. The quantitative estimate of drug-likeness (QED) is 0.731. The molecule has 15 heavy (non-hydrogen) atoms. The van der Waals surface area contributed by atoms with Crippen LogP contribution in [0.3, 0.4) is 0 Å². The van der Waals surface area contributed by atoms with Crippen molar-refractivity contribution in [3.8, 4) is 5.75 Å². The van der Waals surface area contributed by atoms with E-state index in [9.17, 15) is 5.11 Å². The van der Waals surface area contributed by atoms with Gasteiger partial charge in [-0.25, -0.2) is 0 Å². The SMILES string of the molecule is CC1(C)CCCC(c2ccccc2O)C1. The summed E-state index contributed by atoms with van der Waals surface area (Å²) in [6, 6.07) is 7.79. The van der Waals surface area contributed by atoms with E-state index in [1.807, 2.05) is 12.1 Å². The summed E-state index contributed by atoms with van der Waals surface area (Å²) >= 11 is 0. The summed E-state index contributed by atoms with van der Waals surface area (Å²) < 4.78 is 0. The molecule has 0 bridgehead atoms. The zero-order valence-corrected chi connectivity index (χ0v) is 9.66. The van der Waals surface area contributed by atoms with Gasteiger partial charge >= 0.3 is 0 Å². The van der Waals surface area contributed by atoms with E-state index in [0.29, 0.717) is 17.1 Å². The summed E-state index contributed by atoms with van der Waals surface area (Å²) in [5, 5.41) is 9.83. The minimum atomic E-state index is 0.436. The van der Waals surface area contributed by atoms with Crippen LogP contribution in [0.2, 0.25) is 0 Å². The molecule has 0 radical (unpaired) electrons. The highest BCUT2D eigenvalue weighted by molar-refractivity contribution is 5.35. The van der Waals surface area contributed by atoms with Gasteiger partial charge in [-0.3, -0.25) is 0 Å². The molecule has 0 aliphatic heterocycles. The molecule has 1 saturated carbocycles. The van der Waals surface area contributed by atoms with E-state index in [1.54, 1.807) is 6.07 Å². The minimum Gasteiger partial charge on any atom is -0.508 e. The summed E-state index contributed by atoms with van der Waals surface area (Å²) in [6.45, 7) is 4.66. The molecule has 2 rings (SSSR count). The van der Waals surface area contributed by atoms with Gasteiger partial charge in [0, 0.05) is 0 Å². The number of rotatable bonds is 1. The standard InChI is InChI=1S/C14H20O/c1-14(2)9-5-6-11(10-14)12-7-3-4-8-13(12)15/h3-4,7-8,11,15H,5-6,9-10H2,1-2H3. The molecule has 1 atom stereocenters. The van der Waals surface area contributed by atoms with E-state index in [0.717, 1.165) is 5.56 Å². The third-order valence-corrected chi connectivity index (χ3v) is 3.58. The molecule has 1 nitrogen and oxygen atoms in total. The van der Waals surface area contributed by atoms with Crippen molar-refractivity contribution in [3.63, 3.8) is 0 Å². The van der Waals surface area contributed by atoms with Crippen LogP contribution in [0.1, 0.15) is 51.0 Å². The molecule has 1 aromatic rings. The lowest BCUT2D eigenvalue weighted by molar-refractivity contribution is 0.217. The Morgan fingerprint density at radius 2 is 2.00 bits per heavy atom. The number of para-hydroxylation sites is 1. The molecular weight excluding hydrogens is 184 g/mol. The largest absolute Gasteiger partial charge is 0.508 e. The van der Waals surface area contributed by atoms with E-state index in [1.165, 1.54) is 25.7 Å². The third kappa shape index (κ3) is 2.34. The second kappa shape index (κ2) is 3.88. The van der Waals surface area contributed by atoms with Crippen LogP contribution in [0.15, 0.2) is 24.3 Å². The molecular formula is C14H20O. The van der Waals surface area contributed by atoms with Crippen molar-refractivity contribution in [1.82, 2.24) is 0 Å². The molecule has 0 amide bonds. The van der Waals surface area contributed by atoms with E-state index in [2.05, 4.69) is 19.9 Å². The highest BCUT2D eigenvalue weighted by Crippen LogP contribution is 2.45. The van der Waals surface area contributed by atoms with Crippen LogP contribution >= 0.6 is 0 Å². The summed E-state index contributed by atoms with van der Waals surface area (Å²) in [6.07, 6.45) is 5.02. The van der Waals surface area contributed by atoms with E-state index in [4.69, 9.17) is 0 Å². The predicted molar refractivity (Wildman–Crippen MR) is 63.1 cm³/mol. The topological polar surface area (TPSA) is 20.2 Å². The van der Waals surface area contributed by atoms with Crippen LogP contribution in [-0.4, -0.2) is 5.11 Å². The summed E-state index contributed by atoms with van der Waals surface area (Å²) in [4.78, 5) is 0. The van der Waals surface area contributed by atoms with Crippen LogP contribution in [0.5, 0.6) is 5.75 Å². The second-order valence-corrected chi connectivity index (χ2v) is 5.52. The molecule has 1 unspecified atom stereocenters. The molecule has 0 aromatic heterocycles. The van der Waals surface area contributed by atoms with Crippen LogP contribution in [0.4, 0.5) is 0 Å². The minimum absolute atomic E-state index is 0.436. The van der Waals surface area contributed by atoms with Gasteiger partial charge in [0.25, 0.3) is 0 Å². The van der Waals surface area contributed by atoms with Crippen LogP contribution in [0.25, 0.3) is 0 Å². The monoisotopic (exact) mass is 204 g/mol. The Bertz CT molecular complexity index is 341. The Morgan fingerprint density at radius 1 is 1.27 bits per heavy atom. The average Bonchev–Trinajstić information content (AvgIpc) is 2.17. The Labute approximate surface area is 92.1 Å². The molecule has 1 aromatic carbocycles. The third-order valence-electron chi connectivity index (χ3n) is 3.58. The van der Waals surface area contributed by atoms with Crippen molar-refractivity contribution >= 4 is 0 Å². The van der Waals surface area contributed by atoms with Gasteiger partial charge in [0.1, 0.15) is 5.75 Å². The number of phenols is 1. The van der Waals surface area contributed by atoms with Crippen molar-refractivity contribution in [2.45, 2.75) is 45.4 Å². The van der Waals surface area contributed by atoms with Gasteiger partial charge in [0.15, 0.2) is 0 Å². The van der Waals surface area contributed by atoms with Crippen molar-refractivity contribution in [2.75, 3.05) is 0 Å². The van der Waals surface area contributed by atoms with Crippen molar-refractivity contribution in [2.24, 2.45) is 5.41 Å². The van der Waals surface area contributed by atoms with Crippen molar-refractivity contribution in [1.29, 1.82) is 0 Å². The molecule has 1 N–H and O–H groups in total. The van der Waals surface area contributed by atoms with Gasteiger partial charge in [-0.15, -0.1) is 0 Å². The number of phenolic OH excluding ortho intramolecular Hbond substituents is 1. The average molecular weight is 204 g/mol. The molecule has 1 fully saturated rings. The number of hydrogen-bond acceptors (Lipinski definition) is 1. The van der Waals surface area contributed by atoms with Gasteiger partial charge in [-0.1, -0.05) is 38.5 Å². The fourth-order valence-electron chi connectivity index (χ4n) is 2.80. The van der Waals surface area contributed by atoms with Gasteiger partial charge in [0.2, 0.25) is 0 Å². The summed E-state index contributed by atoms with van der Waals surface area (Å²) in [7, 11) is 0. The van der Waals surface area contributed by atoms with E-state index < -0.39 is 0 Å². The zero-order valence-electron chi connectivity index (χ0n) is 9.66. The van der Waals surface area contributed by atoms with E-state index >= 15 is 0 Å². The molecule has 0 saturated heterocycles. The molecule has 0 spiro atoms. The first-order chi connectivity index (χ1) is 7.08. The maximum absolute atomic E-state index is 9.83. The summed E-state index contributed by atoms with van der Waals surface area (Å²) in [5.74, 6) is 1.02. The Balaban J connectivity index is 2.21. The number of benzene rings is 1.